The van der Waals surface area contributed by atoms with Gasteiger partial charge in [0.15, 0.2) is 5.89 Å². The highest BCUT2D eigenvalue weighted by Gasteiger charge is 2.47. The lowest BCUT2D eigenvalue weighted by Crippen LogP contribution is -2.42. The third-order valence-electron chi connectivity index (χ3n) is 7.26. The third-order valence-corrected chi connectivity index (χ3v) is 7.26. The number of hydrogen-bond donors (Lipinski definition) is 2. The number of nitriles is 2. The predicted molar refractivity (Wildman–Crippen MR) is 122 cm³/mol. The first-order valence-electron chi connectivity index (χ1n) is 11.9. The average molecular weight is 458 g/mol. The Labute approximate surface area is 198 Å². The van der Waals surface area contributed by atoms with Gasteiger partial charge in [0.2, 0.25) is 5.91 Å². The van der Waals surface area contributed by atoms with Gasteiger partial charge in [0.05, 0.1) is 12.1 Å². The molecule has 0 bridgehead atoms. The zero-order chi connectivity index (χ0) is 23.9. The lowest BCUT2D eigenvalue weighted by Gasteiger charge is -2.30. The smallest absolute Gasteiger partial charge is 0.252 e. The van der Waals surface area contributed by atoms with Crippen molar-refractivity contribution in [2.45, 2.75) is 75.3 Å². The van der Waals surface area contributed by atoms with Crippen LogP contribution in [0.4, 0.5) is 0 Å². The van der Waals surface area contributed by atoms with E-state index in [9.17, 15) is 20.1 Å². The minimum absolute atomic E-state index is 0.0812. The number of nitrogens with zero attached hydrogens (tertiary/aromatic N) is 3. The Morgan fingerprint density at radius 2 is 1.62 bits per heavy atom. The van der Waals surface area contributed by atoms with Crippen LogP contribution in [0.15, 0.2) is 28.7 Å². The van der Waals surface area contributed by atoms with Gasteiger partial charge in [-0.05, 0) is 50.7 Å². The summed E-state index contributed by atoms with van der Waals surface area (Å²) >= 11 is 0. The first-order chi connectivity index (χ1) is 16.4. The quantitative estimate of drug-likeness (QED) is 0.676. The van der Waals surface area contributed by atoms with E-state index in [1.807, 2.05) is 12.1 Å². The van der Waals surface area contributed by atoms with Gasteiger partial charge >= 0.3 is 0 Å². The molecule has 2 unspecified atom stereocenters. The zero-order valence-corrected chi connectivity index (χ0v) is 19.2. The number of oxazole rings is 1. The number of aryl methyl sites for hydroxylation is 1. The molecule has 0 aliphatic heterocycles. The van der Waals surface area contributed by atoms with E-state index < -0.39 is 11.1 Å². The van der Waals surface area contributed by atoms with Crippen molar-refractivity contribution < 1.29 is 14.0 Å². The summed E-state index contributed by atoms with van der Waals surface area (Å²) in [7, 11) is 0. The van der Waals surface area contributed by atoms with E-state index in [0.717, 1.165) is 31.2 Å². The highest BCUT2D eigenvalue weighted by molar-refractivity contribution is 5.95. The van der Waals surface area contributed by atoms with Crippen LogP contribution in [0.3, 0.4) is 0 Å². The molecule has 2 amide bonds. The molecule has 5 rings (SSSR count). The molecule has 174 valence electrons. The summed E-state index contributed by atoms with van der Waals surface area (Å²) < 4.78 is 6.06. The van der Waals surface area contributed by atoms with Crippen molar-refractivity contribution in [2.75, 3.05) is 0 Å². The molecule has 3 saturated carbocycles. The Morgan fingerprint density at radius 3 is 2.24 bits per heavy atom. The minimum Gasteiger partial charge on any atom is -0.445 e. The van der Waals surface area contributed by atoms with E-state index in [0.29, 0.717) is 48.6 Å². The molecule has 3 aliphatic carbocycles. The molecule has 0 radical (unpaired) electrons. The van der Waals surface area contributed by atoms with Gasteiger partial charge in [-0.15, -0.1) is 0 Å². The van der Waals surface area contributed by atoms with E-state index >= 15 is 0 Å². The summed E-state index contributed by atoms with van der Waals surface area (Å²) in [5, 5.41) is 24.4. The Morgan fingerprint density at radius 1 is 1.00 bits per heavy atom. The second-order valence-electron chi connectivity index (χ2n) is 9.85. The number of amides is 2. The topological polar surface area (TPSA) is 132 Å². The van der Waals surface area contributed by atoms with Crippen LogP contribution in [0.2, 0.25) is 0 Å². The molecule has 3 aliphatic rings. The number of benzene rings is 1. The van der Waals surface area contributed by atoms with Gasteiger partial charge in [-0.2, -0.15) is 10.5 Å². The second kappa shape index (κ2) is 8.29. The molecule has 1 heterocycles. The molecule has 1 aromatic carbocycles. The van der Waals surface area contributed by atoms with Gasteiger partial charge in [-0.25, -0.2) is 4.98 Å². The molecule has 8 nitrogen and oxygen atoms in total. The molecule has 0 saturated heterocycles. The van der Waals surface area contributed by atoms with Gasteiger partial charge in [0.25, 0.3) is 5.91 Å². The standard InChI is InChI=1S/C26H27N5O3/c1-16-29-21(17-6-8-18(9-7-17)23(32)30-25(14-27)10-11-25)22(34-16)19-4-2-3-5-20(19)24(33)31-26(15-28)12-13-26/h6-9,19-20H,2-5,10-13H2,1H3,(H,30,32)(H,31,33). The SMILES string of the molecule is Cc1nc(-c2ccc(C(=O)NC3(C#N)CC3)cc2)c(C2CCCCC2C(=O)NC2(C#N)CC2)o1. The number of rotatable bonds is 6. The van der Waals surface area contributed by atoms with Crippen LogP contribution < -0.4 is 10.6 Å². The van der Waals surface area contributed by atoms with Crippen LogP contribution in [0.5, 0.6) is 0 Å². The fourth-order valence-corrected chi connectivity index (χ4v) is 4.84. The van der Waals surface area contributed by atoms with Crippen molar-refractivity contribution in [1.29, 1.82) is 10.5 Å². The molecule has 3 fully saturated rings. The molecular formula is C26H27N5O3. The van der Waals surface area contributed by atoms with Crippen molar-refractivity contribution in [3.8, 4) is 23.4 Å². The predicted octanol–water partition coefficient (Wildman–Crippen LogP) is 3.88. The maximum absolute atomic E-state index is 13.1. The molecular weight excluding hydrogens is 430 g/mol. The normalized spacial score (nSPS) is 23.7. The maximum atomic E-state index is 13.1. The summed E-state index contributed by atoms with van der Waals surface area (Å²) in [6, 6.07) is 11.5. The Kier molecular flexibility index (Phi) is 5.40. The first-order valence-corrected chi connectivity index (χ1v) is 11.9. The Hall–Kier alpha value is -3.65. The van der Waals surface area contributed by atoms with Crippen LogP contribution in [0.25, 0.3) is 11.3 Å². The number of carbonyl (C=O) groups is 2. The van der Waals surface area contributed by atoms with E-state index in [-0.39, 0.29) is 23.7 Å². The van der Waals surface area contributed by atoms with Crippen LogP contribution in [0, 0.1) is 35.5 Å². The van der Waals surface area contributed by atoms with E-state index in [4.69, 9.17) is 4.42 Å². The number of carbonyl (C=O) groups excluding carboxylic acids is 2. The van der Waals surface area contributed by atoms with Crippen LogP contribution in [0.1, 0.15) is 79.3 Å². The fraction of sp³-hybridized carbons (Fsp3) is 0.500. The first kappa shape index (κ1) is 22.2. The van der Waals surface area contributed by atoms with E-state index in [2.05, 4.69) is 27.8 Å². The van der Waals surface area contributed by atoms with Crippen molar-refractivity contribution >= 4 is 11.8 Å². The van der Waals surface area contributed by atoms with Crippen LogP contribution >= 0.6 is 0 Å². The molecule has 0 spiro atoms. The molecule has 2 N–H and O–H groups in total. The summed E-state index contributed by atoms with van der Waals surface area (Å²) in [5.41, 5.74) is 0.567. The minimum atomic E-state index is -0.715. The van der Waals surface area contributed by atoms with Crippen molar-refractivity contribution in [3.05, 3.63) is 41.5 Å². The van der Waals surface area contributed by atoms with Crippen molar-refractivity contribution in [2.24, 2.45) is 5.92 Å². The molecule has 2 atom stereocenters. The van der Waals surface area contributed by atoms with E-state index in [1.165, 1.54) is 0 Å². The van der Waals surface area contributed by atoms with E-state index in [1.54, 1.807) is 19.1 Å². The van der Waals surface area contributed by atoms with Gasteiger partial charge in [0.1, 0.15) is 22.5 Å². The summed E-state index contributed by atoms with van der Waals surface area (Å²) in [6.45, 7) is 1.79. The summed E-state index contributed by atoms with van der Waals surface area (Å²) in [5.74, 6) is 0.485. The maximum Gasteiger partial charge on any atom is 0.252 e. The van der Waals surface area contributed by atoms with Crippen LogP contribution in [-0.2, 0) is 4.79 Å². The van der Waals surface area contributed by atoms with Crippen LogP contribution in [-0.4, -0.2) is 27.9 Å². The number of nitrogens with one attached hydrogen (secondary N) is 2. The monoisotopic (exact) mass is 457 g/mol. The number of aromatic nitrogens is 1. The second-order valence-corrected chi connectivity index (χ2v) is 9.85. The van der Waals surface area contributed by atoms with Crippen molar-refractivity contribution in [1.82, 2.24) is 15.6 Å². The fourth-order valence-electron chi connectivity index (χ4n) is 4.84. The molecule has 8 heteroatoms. The van der Waals surface area contributed by atoms with Crippen molar-refractivity contribution in [3.63, 3.8) is 0 Å². The molecule has 1 aromatic heterocycles. The lowest BCUT2D eigenvalue weighted by atomic mass is 9.76. The largest absolute Gasteiger partial charge is 0.445 e. The Bertz CT molecular complexity index is 1210. The third kappa shape index (κ3) is 4.17. The zero-order valence-electron chi connectivity index (χ0n) is 19.2. The Balaban J connectivity index is 1.38. The summed E-state index contributed by atoms with van der Waals surface area (Å²) in [4.78, 5) is 30.3. The van der Waals surface area contributed by atoms with Gasteiger partial charge in [0, 0.05) is 29.9 Å². The summed E-state index contributed by atoms with van der Waals surface area (Å²) in [6.07, 6.45) is 6.29. The highest BCUT2D eigenvalue weighted by atomic mass is 16.4. The van der Waals surface area contributed by atoms with Gasteiger partial charge in [-0.1, -0.05) is 25.0 Å². The van der Waals surface area contributed by atoms with Gasteiger partial charge in [-0.3, -0.25) is 9.59 Å². The molecule has 2 aromatic rings. The van der Waals surface area contributed by atoms with Gasteiger partial charge < -0.3 is 15.1 Å². The molecule has 34 heavy (non-hydrogen) atoms. The lowest BCUT2D eigenvalue weighted by molar-refractivity contribution is -0.127. The number of hydrogen-bond acceptors (Lipinski definition) is 6. The highest BCUT2D eigenvalue weighted by Crippen LogP contribution is 2.43. The average Bonchev–Trinajstić information content (AvgIpc) is 3.77.